The van der Waals surface area contributed by atoms with Crippen molar-refractivity contribution in [2.45, 2.75) is 24.8 Å². The number of isocyanates is 1. The van der Waals surface area contributed by atoms with Crippen molar-refractivity contribution in [1.82, 2.24) is 0 Å². The molecule has 1 saturated carbocycles. The van der Waals surface area contributed by atoms with Gasteiger partial charge in [-0.2, -0.15) is 4.99 Å². The largest absolute Gasteiger partial charge is 0.507 e. The number of phenolic OH excluding ortho intramolecular Hbond substituents is 1. The van der Waals surface area contributed by atoms with Crippen LogP contribution in [0.1, 0.15) is 35.2 Å². The summed E-state index contributed by atoms with van der Waals surface area (Å²) in [5, 5.41) is 9.85. The van der Waals surface area contributed by atoms with E-state index < -0.39 is 11.5 Å². The van der Waals surface area contributed by atoms with Crippen molar-refractivity contribution < 1.29 is 24.2 Å². The number of benzene rings is 1. The fourth-order valence-corrected chi connectivity index (χ4v) is 2.42. The van der Waals surface area contributed by atoms with Gasteiger partial charge in [-0.05, 0) is 25.3 Å². The Hall–Kier alpha value is -2.33. The van der Waals surface area contributed by atoms with Gasteiger partial charge in [0.25, 0.3) is 0 Å². The molecule has 0 saturated heterocycles. The lowest BCUT2D eigenvalue weighted by Gasteiger charge is -2.38. The average molecular weight is 277 g/mol. The second-order valence-electron chi connectivity index (χ2n) is 4.65. The lowest BCUT2D eigenvalue weighted by atomic mass is 9.71. The summed E-state index contributed by atoms with van der Waals surface area (Å²) in [6.45, 7) is 0. The molecule has 6 heteroatoms. The van der Waals surface area contributed by atoms with E-state index in [1.54, 1.807) is 6.08 Å². The van der Waals surface area contributed by atoms with E-state index >= 15 is 0 Å². The van der Waals surface area contributed by atoms with Gasteiger partial charge >= 0.3 is 5.97 Å². The number of rotatable bonds is 4. The molecule has 106 valence electrons. The Kier molecular flexibility index (Phi) is 3.77. The fraction of sp³-hybridized carbons (Fsp3) is 0.429. The number of carbonyl (C=O) groups excluding carboxylic acids is 2. The van der Waals surface area contributed by atoms with Crippen LogP contribution in [-0.4, -0.2) is 31.4 Å². The Balaban J connectivity index is 2.61. The van der Waals surface area contributed by atoms with Crippen LogP contribution in [0.5, 0.6) is 11.5 Å². The van der Waals surface area contributed by atoms with Gasteiger partial charge < -0.3 is 14.6 Å². The van der Waals surface area contributed by atoms with Crippen molar-refractivity contribution in [3.8, 4) is 11.5 Å². The highest BCUT2D eigenvalue weighted by Crippen LogP contribution is 2.49. The number of aromatic hydroxyl groups is 1. The summed E-state index contributed by atoms with van der Waals surface area (Å²) in [6.07, 6.45) is 3.84. The number of ether oxygens (including phenoxy) is 2. The molecule has 1 aromatic rings. The fourth-order valence-electron chi connectivity index (χ4n) is 2.42. The Morgan fingerprint density at radius 3 is 2.55 bits per heavy atom. The maximum atomic E-state index is 11.6. The lowest BCUT2D eigenvalue weighted by molar-refractivity contribution is 0.0597. The first kappa shape index (κ1) is 14.1. The van der Waals surface area contributed by atoms with E-state index in [1.807, 2.05) is 0 Å². The van der Waals surface area contributed by atoms with E-state index in [4.69, 9.17) is 4.74 Å². The van der Waals surface area contributed by atoms with Crippen molar-refractivity contribution in [2.24, 2.45) is 4.99 Å². The maximum absolute atomic E-state index is 11.6. The third-order valence-electron chi connectivity index (χ3n) is 3.66. The third kappa shape index (κ3) is 2.14. The molecule has 0 aromatic heterocycles. The molecule has 0 atom stereocenters. The first-order valence-electron chi connectivity index (χ1n) is 6.17. The van der Waals surface area contributed by atoms with Gasteiger partial charge in [0.15, 0.2) is 0 Å². The highest BCUT2D eigenvalue weighted by Gasteiger charge is 2.42. The maximum Gasteiger partial charge on any atom is 0.341 e. The van der Waals surface area contributed by atoms with Gasteiger partial charge in [0.05, 0.1) is 14.2 Å². The van der Waals surface area contributed by atoms with E-state index in [-0.39, 0.29) is 11.3 Å². The van der Waals surface area contributed by atoms with Crippen LogP contribution in [0.2, 0.25) is 0 Å². The molecule has 0 amide bonds. The van der Waals surface area contributed by atoms with Gasteiger partial charge in [0.2, 0.25) is 6.08 Å². The number of hydrogen-bond donors (Lipinski definition) is 1. The van der Waals surface area contributed by atoms with Crippen LogP contribution in [0, 0.1) is 0 Å². The molecule has 6 nitrogen and oxygen atoms in total. The summed E-state index contributed by atoms with van der Waals surface area (Å²) in [7, 11) is 2.68. The molecule has 20 heavy (non-hydrogen) atoms. The third-order valence-corrected chi connectivity index (χ3v) is 3.66. The minimum Gasteiger partial charge on any atom is -0.507 e. The number of esters is 1. The Morgan fingerprint density at radius 1 is 1.40 bits per heavy atom. The summed E-state index contributed by atoms with van der Waals surface area (Å²) >= 11 is 0. The molecule has 1 aliphatic carbocycles. The molecule has 0 bridgehead atoms. The Morgan fingerprint density at radius 2 is 2.10 bits per heavy atom. The van der Waals surface area contributed by atoms with E-state index in [0.29, 0.717) is 24.2 Å². The van der Waals surface area contributed by atoms with Crippen LogP contribution in [0.4, 0.5) is 0 Å². The molecule has 0 radical (unpaired) electrons. The van der Waals surface area contributed by atoms with E-state index in [1.165, 1.54) is 26.4 Å². The van der Waals surface area contributed by atoms with Crippen LogP contribution in [0.15, 0.2) is 17.1 Å². The predicted octanol–water partition coefficient (Wildman–Crippen LogP) is 1.90. The highest BCUT2D eigenvalue weighted by atomic mass is 16.5. The molecule has 0 spiro atoms. The van der Waals surface area contributed by atoms with E-state index in [2.05, 4.69) is 9.73 Å². The number of methoxy groups -OCH3 is 2. The van der Waals surface area contributed by atoms with Crippen LogP contribution < -0.4 is 4.74 Å². The summed E-state index contributed by atoms with van der Waals surface area (Å²) in [4.78, 5) is 26.2. The van der Waals surface area contributed by atoms with Crippen molar-refractivity contribution in [3.05, 3.63) is 23.3 Å². The van der Waals surface area contributed by atoms with Gasteiger partial charge in [-0.25, -0.2) is 9.59 Å². The summed E-state index contributed by atoms with van der Waals surface area (Å²) in [5.41, 5.74) is -0.104. The predicted molar refractivity (Wildman–Crippen MR) is 69.6 cm³/mol. The number of hydrogen-bond acceptors (Lipinski definition) is 6. The second kappa shape index (κ2) is 5.35. The summed E-state index contributed by atoms with van der Waals surface area (Å²) in [5.74, 6) is -0.508. The molecule has 2 rings (SSSR count). The SMILES string of the molecule is COC(=O)c1cc(C2(N=C=O)CCC2)c(OC)cc1O. The van der Waals surface area contributed by atoms with Crippen LogP contribution in [-0.2, 0) is 15.1 Å². The Labute approximate surface area is 116 Å². The molecular formula is C14H15NO5. The Bertz CT molecular complexity index is 585. The van der Waals surface area contributed by atoms with Gasteiger partial charge in [0, 0.05) is 11.6 Å². The number of aliphatic imine (C=N–C) groups is 1. The molecule has 1 N–H and O–H groups in total. The average Bonchev–Trinajstić information content (AvgIpc) is 2.42. The number of carbonyl (C=O) groups is 1. The first-order chi connectivity index (χ1) is 9.57. The smallest absolute Gasteiger partial charge is 0.341 e. The topological polar surface area (TPSA) is 85.2 Å². The molecular weight excluding hydrogens is 262 g/mol. The molecule has 1 fully saturated rings. The highest BCUT2D eigenvalue weighted by molar-refractivity contribution is 5.93. The van der Waals surface area contributed by atoms with Crippen LogP contribution >= 0.6 is 0 Å². The number of nitrogens with zero attached hydrogens (tertiary/aromatic N) is 1. The zero-order valence-electron chi connectivity index (χ0n) is 11.3. The first-order valence-corrected chi connectivity index (χ1v) is 6.17. The monoisotopic (exact) mass is 277 g/mol. The van der Waals surface area contributed by atoms with Crippen molar-refractivity contribution in [1.29, 1.82) is 0 Å². The minimum absolute atomic E-state index is 0.0238. The zero-order valence-corrected chi connectivity index (χ0v) is 11.3. The molecule has 0 heterocycles. The van der Waals surface area contributed by atoms with Crippen LogP contribution in [0.3, 0.4) is 0 Å². The van der Waals surface area contributed by atoms with Gasteiger partial charge in [-0.3, -0.25) is 0 Å². The minimum atomic E-state index is -0.719. The lowest BCUT2D eigenvalue weighted by Crippen LogP contribution is -2.32. The van der Waals surface area contributed by atoms with Gasteiger partial charge in [-0.1, -0.05) is 0 Å². The van der Waals surface area contributed by atoms with E-state index in [9.17, 15) is 14.7 Å². The normalized spacial score (nSPS) is 15.7. The molecule has 0 unspecified atom stereocenters. The summed E-state index contributed by atoms with van der Waals surface area (Å²) < 4.78 is 9.84. The number of phenols is 1. The van der Waals surface area contributed by atoms with Gasteiger partial charge in [-0.15, -0.1) is 0 Å². The van der Waals surface area contributed by atoms with Crippen molar-refractivity contribution in [2.75, 3.05) is 14.2 Å². The van der Waals surface area contributed by atoms with Crippen molar-refractivity contribution >= 4 is 12.0 Å². The van der Waals surface area contributed by atoms with Crippen LogP contribution in [0.25, 0.3) is 0 Å². The van der Waals surface area contributed by atoms with Gasteiger partial charge in [0.1, 0.15) is 22.6 Å². The quantitative estimate of drug-likeness (QED) is 0.516. The zero-order chi connectivity index (χ0) is 14.8. The molecule has 0 aliphatic heterocycles. The van der Waals surface area contributed by atoms with E-state index in [0.717, 1.165) is 6.42 Å². The second-order valence-corrected chi connectivity index (χ2v) is 4.65. The molecule has 1 aliphatic rings. The summed E-state index contributed by atoms with van der Waals surface area (Å²) in [6, 6.07) is 2.81. The standard InChI is InChI=1S/C14H15NO5/c1-19-12-7-11(17)9(13(18)20-2)6-10(12)14(15-8-16)4-3-5-14/h6-7,17H,3-5H2,1-2H3. The van der Waals surface area contributed by atoms with Crippen molar-refractivity contribution in [3.63, 3.8) is 0 Å². The molecule has 1 aromatic carbocycles.